The van der Waals surface area contributed by atoms with Crippen molar-refractivity contribution in [1.29, 1.82) is 0 Å². The monoisotopic (exact) mass is 552 g/mol. The summed E-state index contributed by atoms with van der Waals surface area (Å²) in [4.78, 5) is 34.7. The zero-order valence-electron chi connectivity index (χ0n) is 22.8. The number of aromatic nitrogens is 5. The molecule has 1 aliphatic heterocycles. The molecule has 1 aromatic carbocycles. The van der Waals surface area contributed by atoms with E-state index in [2.05, 4.69) is 15.1 Å². The highest BCUT2D eigenvalue weighted by molar-refractivity contribution is 5.86. The van der Waals surface area contributed by atoms with Crippen LogP contribution < -0.4 is 9.64 Å². The normalized spacial score (nSPS) is 12.8. The minimum atomic E-state index is -1.34. The highest BCUT2D eigenvalue weighted by Crippen LogP contribution is 2.33. The quantitative estimate of drug-likeness (QED) is 0.339. The molecule has 13 heteroatoms. The summed E-state index contributed by atoms with van der Waals surface area (Å²) < 4.78 is 34.1. The van der Waals surface area contributed by atoms with Crippen LogP contribution in [0.5, 0.6) is 5.75 Å². The molecular weight excluding hydrogens is 523 g/mol. The Balaban J connectivity index is 1.58. The highest BCUT2D eigenvalue weighted by Gasteiger charge is 2.28. The second kappa shape index (κ2) is 10.1. The van der Waals surface area contributed by atoms with Gasteiger partial charge < -0.3 is 19.3 Å². The van der Waals surface area contributed by atoms with E-state index in [-0.39, 0.29) is 24.7 Å². The van der Waals surface area contributed by atoms with Crippen molar-refractivity contribution in [1.82, 2.24) is 24.1 Å². The summed E-state index contributed by atoms with van der Waals surface area (Å²) in [5.41, 5.74) is 2.81. The van der Waals surface area contributed by atoms with E-state index in [4.69, 9.17) is 14.2 Å². The number of imidazole rings is 1. The smallest absolute Gasteiger partial charge is 0.493 e. The molecule has 4 heterocycles. The number of benzene rings is 1. The number of aryl methyl sites for hydroxylation is 2. The van der Waals surface area contributed by atoms with Crippen molar-refractivity contribution < 1.29 is 33.3 Å². The molecular formula is C27H29FN6O6. The first-order chi connectivity index (χ1) is 18.9. The van der Waals surface area contributed by atoms with Crippen LogP contribution in [0.4, 0.5) is 19.9 Å². The maximum absolute atomic E-state index is 14.9. The van der Waals surface area contributed by atoms with Gasteiger partial charge in [0.25, 0.3) is 0 Å². The summed E-state index contributed by atoms with van der Waals surface area (Å²) in [7, 11) is 1.77. The van der Waals surface area contributed by atoms with E-state index in [0.717, 1.165) is 10.6 Å². The molecule has 0 fully saturated rings. The number of halogens is 1. The van der Waals surface area contributed by atoms with Crippen molar-refractivity contribution in [2.45, 2.75) is 52.9 Å². The van der Waals surface area contributed by atoms with E-state index < -0.39 is 23.7 Å². The molecule has 1 aliphatic rings. The molecule has 12 nitrogen and oxygen atoms in total. The number of nitrogens with zero attached hydrogens (tertiary/aromatic N) is 6. The molecule has 0 unspecified atom stereocenters. The van der Waals surface area contributed by atoms with Gasteiger partial charge in [-0.3, -0.25) is 9.08 Å². The van der Waals surface area contributed by atoms with Gasteiger partial charge >= 0.3 is 12.2 Å². The van der Waals surface area contributed by atoms with Crippen molar-refractivity contribution >= 4 is 23.8 Å². The summed E-state index contributed by atoms with van der Waals surface area (Å²) in [6, 6.07) is 4.65. The average molecular weight is 553 g/mol. The van der Waals surface area contributed by atoms with E-state index in [1.807, 2.05) is 13.0 Å². The molecule has 0 radical (unpaired) electrons. The minimum absolute atomic E-state index is 0.0166. The standard InChI is InChI=1S/C27H29FN6O6/c1-15-10-21(32(5)31-15)18-11-29-24(33-12-16(30-23(18)33)14-39-26(37)40-27(2,3)4)34(25(35)36)13-19-17-8-9-38-22(17)7-6-20(19)28/h6-7,10-12H,8-9,13-14H2,1-5H3,(H,35,36). The fourth-order valence-corrected chi connectivity index (χ4v) is 4.61. The number of hydrogen-bond acceptors (Lipinski definition) is 8. The molecule has 5 rings (SSSR count). The number of fused-ring (bicyclic) bond motifs is 2. The number of hydrogen-bond donors (Lipinski definition) is 1. The molecule has 210 valence electrons. The minimum Gasteiger partial charge on any atom is -0.493 e. The lowest BCUT2D eigenvalue weighted by atomic mass is 10.0. The van der Waals surface area contributed by atoms with Crippen LogP contribution in [0.15, 0.2) is 30.6 Å². The number of carbonyl (C=O) groups is 2. The van der Waals surface area contributed by atoms with E-state index >= 15 is 0 Å². The highest BCUT2D eigenvalue weighted by atomic mass is 19.1. The molecule has 40 heavy (non-hydrogen) atoms. The average Bonchev–Trinajstić information content (AvgIpc) is 3.59. The Morgan fingerprint density at radius 3 is 2.73 bits per heavy atom. The Bertz CT molecular complexity index is 1620. The fraction of sp³-hybridized carbons (Fsp3) is 0.370. The van der Waals surface area contributed by atoms with Crippen LogP contribution in [-0.4, -0.2) is 53.7 Å². The van der Waals surface area contributed by atoms with Gasteiger partial charge in [0.15, 0.2) is 5.65 Å². The molecule has 0 aliphatic carbocycles. The second-order valence-electron chi connectivity index (χ2n) is 10.4. The van der Waals surface area contributed by atoms with Crippen LogP contribution >= 0.6 is 0 Å². The van der Waals surface area contributed by atoms with Gasteiger partial charge in [-0.1, -0.05) is 0 Å². The van der Waals surface area contributed by atoms with Gasteiger partial charge in [0.05, 0.1) is 35.8 Å². The molecule has 0 spiro atoms. The number of rotatable bonds is 6. The lowest BCUT2D eigenvalue weighted by Gasteiger charge is -2.21. The first-order valence-corrected chi connectivity index (χ1v) is 12.6. The van der Waals surface area contributed by atoms with E-state index in [9.17, 15) is 19.1 Å². The molecule has 0 atom stereocenters. The van der Waals surface area contributed by atoms with Gasteiger partial charge in [0.2, 0.25) is 5.95 Å². The number of carboxylic acid groups (broad SMARTS) is 1. The van der Waals surface area contributed by atoms with Crippen molar-refractivity contribution in [2.24, 2.45) is 7.05 Å². The van der Waals surface area contributed by atoms with Crippen molar-refractivity contribution in [3.05, 3.63) is 58.9 Å². The van der Waals surface area contributed by atoms with Crippen molar-refractivity contribution in [3.63, 3.8) is 0 Å². The SMILES string of the molecule is Cc1cc(-c2cnc(N(Cc3c(F)ccc4c3CCO4)C(=O)O)n3cc(COC(=O)OC(C)(C)C)nc23)n(C)n1. The Morgan fingerprint density at radius 2 is 2.05 bits per heavy atom. The van der Waals surface area contributed by atoms with E-state index in [1.54, 1.807) is 38.6 Å². The predicted octanol–water partition coefficient (Wildman–Crippen LogP) is 4.65. The third-order valence-electron chi connectivity index (χ3n) is 6.26. The van der Waals surface area contributed by atoms with E-state index in [1.165, 1.54) is 22.9 Å². The van der Waals surface area contributed by atoms with Crippen LogP contribution in [0.1, 0.15) is 43.3 Å². The maximum Gasteiger partial charge on any atom is 0.509 e. The number of amides is 1. The summed E-state index contributed by atoms with van der Waals surface area (Å²) in [5.74, 6) is -0.0196. The largest absolute Gasteiger partial charge is 0.509 e. The molecule has 3 aromatic heterocycles. The summed E-state index contributed by atoms with van der Waals surface area (Å²) in [6.07, 6.45) is 1.29. The molecule has 0 bridgehead atoms. The van der Waals surface area contributed by atoms with Crippen molar-refractivity contribution in [2.75, 3.05) is 11.5 Å². The topological polar surface area (TPSA) is 133 Å². The zero-order chi connectivity index (χ0) is 28.8. The Kier molecular flexibility index (Phi) is 6.82. The van der Waals surface area contributed by atoms with Crippen LogP contribution in [0.2, 0.25) is 0 Å². The van der Waals surface area contributed by atoms with Crippen LogP contribution in [0.3, 0.4) is 0 Å². The summed E-state index contributed by atoms with van der Waals surface area (Å²) >= 11 is 0. The lowest BCUT2D eigenvalue weighted by molar-refractivity contribution is -0.0112. The molecule has 1 N–H and O–H groups in total. The fourth-order valence-electron chi connectivity index (χ4n) is 4.61. The number of anilines is 1. The number of ether oxygens (including phenoxy) is 3. The molecule has 4 aromatic rings. The second-order valence-corrected chi connectivity index (χ2v) is 10.4. The lowest BCUT2D eigenvalue weighted by Crippen LogP contribution is -2.32. The van der Waals surface area contributed by atoms with Crippen molar-refractivity contribution in [3.8, 4) is 17.0 Å². The van der Waals surface area contributed by atoms with Gasteiger partial charge in [0, 0.05) is 37.0 Å². The Hall–Kier alpha value is -4.68. The van der Waals surface area contributed by atoms with Gasteiger partial charge in [-0.05, 0) is 45.9 Å². The maximum atomic E-state index is 14.9. The predicted molar refractivity (Wildman–Crippen MR) is 141 cm³/mol. The van der Waals surface area contributed by atoms with Gasteiger partial charge in [-0.2, -0.15) is 5.10 Å². The summed E-state index contributed by atoms with van der Waals surface area (Å²) in [6.45, 7) is 6.86. The van der Waals surface area contributed by atoms with Gasteiger partial charge in [-0.15, -0.1) is 0 Å². The van der Waals surface area contributed by atoms with Crippen LogP contribution in [0, 0.1) is 12.7 Å². The number of carbonyl (C=O) groups excluding carboxylic acids is 1. The molecule has 0 saturated heterocycles. The molecule has 0 saturated carbocycles. The van der Waals surface area contributed by atoms with E-state index in [0.29, 0.717) is 46.9 Å². The van der Waals surface area contributed by atoms with Crippen LogP contribution in [0.25, 0.3) is 16.9 Å². The first kappa shape index (κ1) is 26.9. The molecule has 1 amide bonds. The summed E-state index contributed by atoms with van der Waals surface area (Å²) in [5, 5.41) is 14.6. The van der Waals surface area contributed by atoms with Gasteiger partial charge in [-0.25, -0.2) is 28.8 Å². The Morgan fingerprint density at radius 1 is 1.27 bits per heavy atom. The third kappa shape index (κ3) is 5.26. The van der Waals surface area contributed by atoms with Gasteiger partial charge in [0.1, 0.15) is 23.8 Å². The first-order valence-electron chi connectivity index (χ1n) is 12.6. The zero-order valence-corrected chi connectivity index (χ0v) is 22.8. The third-order valence-corrected chi connectivity index (χ3v) is 6.26. The van der Waals surface area contributed by atoms with Crippen LogP contribution in [-0.2, 0) is 36.1 Å². The Labute approximate surface area is 228 Å².